The van der Waals surface area contributed by atoms with Crippen LogP contribution >= 0.6 is 0 Å². The Kier molecular flexibility index (Phi) is 6.59. The maximum absolute atomic E-state index is 12.7. The quantitative estimate of drug-likeness (QED) is 0.482. The number of benzene rings is 2. The molecule has 1 aromatic heterocycles. The zero-order valence-corrected chi connectivity index (χ0v) is 18.7. The molecule has 1 atom stereocenters. The molecule has 12 heteroatoms. The lowest BCUT2D eigenvalue weighted by Gasteiger charge is -2.19. The van der Waals surface area contributed by atoms with Gasteiger partial charge in [-0.3, -0.25) is 14.8 Å². The van der Waals surface area contributed by atoms with Crippen LogP contribution in [0.1, 0.15) is 17.3 Å². The largest absolute Gasteiger partial charge is 0.486 e. The number of hydrogen-bond acceptors (Lipinski definition) is 9. The Morgan fingerprint density at radius 3 is 2.38 bits per heavy atom. The van der Waals surface area contributed by atoms with Gasteiger partial charge in [-0.25, -0.2) is 23.2 Å². The zero-order valence-electron chi connectivity index (χ0n) is 17.9. The van der Waals surface area contributed by atoms with Crippen molar-refractivity contribution in [1.82, 2.24) is 9.97 Å². The van der Waals surface area contributed by atoms with Crippen LogP contribution in [0.4, 0.5) is 11.6 Å². The van der Waals surface area contributed by atoms with Crippen molar-refractivity contribution in [2.45, 2.75) is 17.9 Å². The third-order valence-corrected chi connectivity index (χ3v) is 6.03. The van der Waals surface area contributed by atoms with E-state index in [9.17, 15) is 18.0 Å². The molecule has 2 heterocycles. The van der Waals surface area contributed by atoms with Gasteiger partial charge in [-0.2, -0.15) is 0 Å². The monoisotopic (exact) mass is 484 g/mol. The summed E-state index contributed by atoms with van der Waals surface area (Å²) in [7, 11) is -3.91. The zero-order chi connectivity index (χ0) is 24.1. The van der Waals surface area contributed by atoms with Crippen LogP contribution in [0, 0.1) is 0 Å². The molecule has 11 nitrogen and oxygen atoms in total. The molecule has 1 aliphatic rings. The summed E-state index contributed by atoms with van der Waals surface area (Å²) in [6.07, 6.45) is 1.82. The number of sulfonamides is 1. The van der Waals surface area contributed by atoms with E-state index >= 15 is 0 Å². The molecular formula is C22H20N4O7S. The van der Waals surface area contributed by atoms with Gasteiger partial charge in [-0.1, -0.05) is 0 Å². The molecule has 1 unspecified atom stereocenters. The van der Waals surface area contributed by atoms with Gasteiger partial charge in [0.25, 0.3) is 15.9 Å². The Morgan fingerprint density at radius 1 is 1.00 bits per heavy atom. The smallest absolute Gasteiger partial charge is 0.338 e. The summed E-state index contributed by atoms with van der Waals surface area (Å²) in [6.45, 7) is 2.14. The Balaban J connectivity index is 1.37. The number of rotatable bonds is 7. The fourth-order valence-corrected chi connectivity index (χ4v) is 4.01. The number of nitrogens with one attached hydrogen (secondary N) is 2. The second kappa shape index (κ2) is 9.75. The van der Waals surface area contributed by atoms with Gasteiger partial charge in [0.2, 0.25) is 5.95 Å². The first-order valence-corrected chi connectivity index (χ1v) is 11.6. The second-order valence-electron chi connectivity index (χ2n) is 7.10. The molecule has 176 valence electrons. The first-order valence-electron chi connectivity index (χ1n) is 10.1. The van der Waals surface area contributed by atoms with Crippen LogP contribution in [-0.2, 0) is 19.6 Å². The van der Waals surface area contributed by atoms with E-state index in [2.05, 4.69) is 20.0 Å². The van der Waals surface area contributed by atoms with Gasteiger partial charge < -0.3 is 14.2 Å². The van der Waals surface area contributed by atoms with Crippen molar-refractivity contribution in [3.63, 3.8) is 0 Å². The number of carbonyl (C=O) groups excluding carboxylic acids is 2. The van der Waals surface area contributed by atoms with E-state index in [4.69, 9.17) is 14.2 Å². The van der Waals surface area contributed by atoms with Crippen LogP contribution in [0.3, 0.4) is 0 Å². The van der Waals surface area contributed by atoms with E-state index in [0.717, 1.165) is 0 Å². The van der Waals surface area contributed by atoms with Crippen molar-refractivity contribution >= 4 is 33.5 Å². The number of amides is 1. The predicted molar refractivity (Wildman–Crippen MR) is 120 cm³/mol. The number of anilines is 2. The fraction of sp³-hybridized carbons (Fsp3) is 0.182. The van der Waals surface area contributed by atoms with E-state index in [0.29, 0.717) is 24.7 Å². The second-order valence-corrected chi connectivity index (χ2v) is 8.78. The van der Waals surface area contributed by atoms with Crippen molar-refractivity contribution in [1.29, 1.82) is 0 Å². The van der Waals surface area contributed by atoms with Crippen LogP contribution in [0.2, 0.25) is 0 Å². The highest BCUT2D eigenvalue weighted by molar-refractivity contribution is 7.92. The van der Waals surface area contributed by atoms with E-state index in [1.807, 2.05) is 0 Å². The molecule has 3 aromatic rings. The summed E-state index contributed by atoms with van der Waals surface area (Å²) in [4.78, 5) is 32.3. The molecule has 0 saturated heterocycles. The highest BCUT2D eigenvalue weighted by Gasteiger charge is 2.21. The topological polar surface area (TPSA) is 146 Å². The predicted octanol–water partition coefficient (Wildman–Crippen LogP) is 2.23. The van der Waals surface area contributed by atoms with E-state index in [1.54, 1.807) is 6.07 Å². The highest BCUT2D eigenvalue weighted by atomic mass is 32.2. The summed E-state index contributed by atoms with van der Waals surface area (Å²) < 4.78 is 43.9. The van der Waals surface area contributed by atoms with E-state index in [-0.39, 0.29) is 22.1 Å². The van der Waals surface area contributed by atoms with Crippen molar-refractivity contribution < 1.29 is 32.2 Å². The minimum atomic E-state index is -3.91. The molecule has 0 aliphatic carbocycles. The molecule has 0 fully saturated rings. The molecular weight excluding hydrogens is 464 g/mol. The first kappa shape index (κ1) is 23.0. The number of ether oxygens (including phenoxy) is 3. The van der Waals surface area contributed by atoms with Crippen LogP contribution < -0.4 is 19.5 Å². The lowest BCUT2D eigenvalue weighted by molar-refractivity contribution is -0.123. The minimum Gasteiger partial charge on any atom is -0.486 e. The summed E-state index contributed by atoms with van der Waals surface area (Å²) in [5.74, 6) is -0.428. The molecule has 0 bridgehead atoms. The molecule has 0 saturated carbocycles. The maximum Gasteiger partial charge on any atom is 0.338 e. The minimum absolute atomic E-state index is 0.00229. The Hall–Kier alpha value is -4.19. The summed E-state index contributed by atoms with van der Waals surface area (Å²) in [5.41, 5.74) is 0.372. The summed E-state index contributed by atoms with van der Waals surface area (Å²) in [6, 6.07) is 11.5. The Labute approximate surface area is 195 Å². The third-order valence-electron chi connectivity index (χ3n) is 4.65. The number of nitrogens with zero attached hydrogens (tertiary/aromatic N) is 2. The summed E-state index contributed by atoms with van der Waals surface area (Å²) >= 11 is 0. The number of carbonyl (C=O) groups is 2. The van der Waals surface area contributed by atoms with E-state index < -0.39 is 28.0 Å². The van der Waals surface area contributed by atoms with Crippen LogP contribution in [0.25, 0.3) is 0 Å². The van der Waals surface area contributed by atoms with Crippen LogP contribution in [0.15, 0.2) is 65.8 Å². The average molecular weight is 484 g/mol. The van der Waals surface area contributed by atoms with Gasteiger partial charge >= 0.3 is 5.97 Å². The molecule has 2 N–H and O–H groups in total. The first-order chi connectivity index (χ1) is 16.3. The number of aromatic nitrogens is 2. The van der Waals surface area contributed by atoms with Crippen molar-refractivity contribution in [2.24, 2.45) is 0 Å². The molecule has 4 rings (SSSR count). The maximum atomic E-state index is 12.7. The van der Waals surface area contributed by atoms with Gasteiger partial charge in [-0.05, 0) is 49.4 Å². The van der Waals surface area contributed by atoms with Gasteiger partial charge in [-0.15, -0.1) is 0 Å². The van der Waals surface area contributed by atoms with Gasteiger partial charge in [0, 0.05) is 24.1 Å². The van der Waals surface area contributed by atoms with Gasteiger partial charge in [0.1, 0.15) is 13.2 Å². The standard InChI is InChI=1S/C22H20N4O7S/c1-14(20(27)25-22-23-9-2-10-24-22)33-21(28)15-3-5-16(6-4-15)26-34(29,30)17-7-8-18-19(13-17)32-12-11-31-18/h2-10,13-14,26H,11-12H2,1H3,(H,23,24,25,27). The molecule has 34 heavy (non-hydrogen) atoms. The lowest BCUT2D eigenvalue weighted by atomic mass is 10.2. The van der Waals surface area contributed by atoms with Gasteiger partial charge in [0.15, 0.2) is 17.6 Å². The lowest BCUT2D eigenvalue weighted by Crippen LogP contribution is -2.30. The van der Waals surface area contributed by atoms with Crippen molar-refractivity contribution in [3.8, 4) is 11.5 Å². The third kappa shape index (κ3) is 5.41. The average Bonchev–Trinajstić information content (AvgIpc) is 2.84. The Morgan fingerprint density at radius 2 is 1.68 bits per heavy atom. The van der Waals surface area contributed by atoms with Crippen molar-refractivity contribution in [3.05, 3.63) is 66.5 Å². The van der Waals surface area contributed by atoms with Crippen LogP contribution in [-0.4, -0.2) is 49.6 Å². The molecule has 2 aromatic carbocycles. The fourth-order valence-electron chi connectivity index (χ4n) is 2.94. The van der Waals surface area contributed by atoms with Crippen LogP contribution in [0.5, 0.6) is 11.5 Å². The Bertz CT molecular complexity index is 1300. The van der Waals surface area contributed by atoms with Crippen molar-refractivity contribution in [2.75, 3.05) is 23.3 Å². The molecule has 1 aliphatic heterocycles. The number of hydrogen-bond donors (Lipinski definition) is 2. The number of esters is 1. The van der Waals surface area contributed by atoms with E-state index in [1.165, 1.54) is 61.8 Å². The summed E-state index contributed by atoms with van der Waals surface area (Å²) in [5, 5.41) is 2.44. The molecule has 1 amide bonds. The normalized spacial score (nSPS) is 13.4. The molecule has 0 spiro atoms. The molecule has 0 radical (unpaired) electrons. The highest BCUT2D eigenvalue weighted by Crippen LogP contribution is 2.32. The number of fused-ring (bicyclic) bond motifs is 1. The SMILES string of the molecule is CC(OC(=O)c1ccc(NS(=O)(=O)c2ccc3c(c2)OCCO3)cc1)C(=O)Nc1ncccn1. The van der Waals surface area contributed by atoms with Gasteiger partial charge in [0.05, 0.1) is 10.5 Å².